The van der Waals surface area contributed by atoms with Crippen LogP contribution in [0.3, 0.4) is 0 Å². The van der Waals surface area contributed by atoms with Crippen molar-refractivity contribution in [3.8, 4) is 11.4 Å². The van der Waals surface area contributed by atoms with Gasteiger partial charge in [0.25, 0.3) is 5.91 Å². The Hall–Kier alpha value is -2.83. The zero-order valence-electron chi connectivity index (χ0n) is 15.1. The van der Waals surface area contributed by atoms with Gasteiger partial charge < -0.3 is 15.4 Å². The number of hydrogen-bond donors (Lipinski definition) is 2. The number of nitrogens with one attached hydrogen (secondary N) is 2. The summed E-state index contributed by atoms with van der Waals surface area (Å²) < 4.78 is 7.15. The van der Waals surface area contributed by atoms with Gasteiger partial charge in [0.05, 0.1) is 24.6 Å². The number of para-hydroxylation sites is 2. The summed E-state index contributed by atoms with van der Waals surface area (Å²) in [7, 11) is 1.61. The van der Waals surface area contributed by atoms with Gasteiger partial charge in [0, 0.05) is 19.0 Å². The molecule has 7 nitrogen and oxygen atoms in total. The number of carbonyl (C=O) groups is 2. The summed E-state index contributed by atoms with van der Waals surface area (Å²) >= 11 is 0. The van der Waals surface area contributed by atoms with Crippen LogP contribution in [-0.2, 0) is 11.2 Å². The van der Waals surface area contributed by atoms with Crippen molar-refractivity contribution in [2.75, 3.05) is 13.7 Å². The van der Waals surface area contributed by atoms with E-state index in [9.17, 15) is 9.59 Å². The SMILES string of the molecule is CCc1c(C(=O)NC[C@H]2CCCC(=O)N2)cnn1-c1ccccc1OC. The molecular weight excluding hydrogens is 332 g/mol. The number of rotatable bonds is 6. The van der Waals surface area contributed by atoms with Crippen LogP contribution in [0.2, 0.25) is 0 Å². The second-order valence-corrected chi connectivity index (χ2v) is 6.31. The van der Waals surface area contributed by atoms with Crippen LogP contribution in [-0.4, -0.2) is 41.3 Å². The molecule has 0 spiro atoms. The normalized spacial score (nSPS) is 16.8. The molecule has 2 heterocycles. The van der Waals surface area contributed by atoms with Crippen molar-refractivity contribution in [3.05, 3.63) is 41.7 Å². The molecule has 2 aromatic rings. The van der Waals surface area contributed by atoms with E-state index in [1.54, 1.807) is 18.0 Å². The Morgan fingerprint density at radius 1 is 1.42 bits per heavy atom. The minimum Gasteiger partial charge on any atom is -0.494 e. The van der Waals surface area contributed by atoms with E-state index in [-0.39, 0.29) is 17.9 Å². The first-order valence-electron chi connectivity index (χ1n) is 8.91. The molecule has 0 bridgehead atoms. The highest BCUT2D eigenvalue weighted by Crippen LogP contribution is 2.24. The Labute approximate surface area is 152 Å². The van der Waals surface area contributed by atoms with Gasteiger partial charge in [-0.25, -0.2) is 4.68 Å². The van der Waals surface area contributed by atoms with Crippen molar-refractivity contribution >= 4 is 11.8 Å². The standard InChI is InChI=1S/C19H24N4O3/c1-3-15-14(19(25)20-11-13-7-6-10-18(24)22-13)12-21-23(15)16-8-4-5-9-17(16)26-2/h4-5,8-9,12-13H,3,6-7,10-11H2,1-2H3,(H,20,25)(H,22,24)/t13-/m1/s1. The molecule has 1 aromatic heterocycles. The molecule has 26 heavy (non-hydrogen) atoms. The summed E-state index contributed by atoms with van der Waals surface area (Å²) in [6.07, 6.45) is 4.54. The largest absolute Gasteiger partial charge is 0.494 e. The molecule has 7 heteroatoms. The van der Waals surface area contributed by atoms with Crippen LogP contribution in [0.1, 0.15) is 42.2 Å². The molecule has 2 amide bonds. The predicted octanol–water partition coefficient (Wildman–Crippen LogP) is 1.84. The quantitative estimate of drug-likeness (QED) is 0.827. The Balaban J connectivity index is 1.77. The van der Waals surface area contributed by atoms with Crippen molar-refractivity contribution in [1.82, 2.24) is 20.4 Å². The molecule has 1 aliphatic heterocycles. The van der Waals surface area contributed by atoms with Crippen molar-refractivity contribution in [1.29, 1.82) is 0 Å². The number of piperidine rings is 1. The van der Waals surface area contributed by atoms with Crippen LogP contribution < -0.4 is 15.4 Å². The van der Waals surface area contributed by atoms with Crippen LogP contribution in [0.25, 0.3) is 5.69 Å². The third-order valence-electron chi connectivity index (χ3n) is 4.59. The molecular formula is C19H24N4O3. The topological polar surface area (TPSA) is 85.3 Å². The monoisotopic (exact) mass is 356 g/mol. The number of hydrogen-bond acceptors (Lipinski definition) is 4. The highest BCUT2D eigenvalue weighted by molar-refractivity contribution is 5.95. The highest BCUT2D eigenvalue weighted by atomic mass is 16.5. The number of amides is 2. The molecule has 1 aliphatic rings. The number of benzene rings is 1. The van der Waals surface area contributed by atoms with Gasteiger partial charge in [-0.1, -0.05) is 19.1 Å². The summed E-state index contributed by atoms with van der Waals surface area (Å²) in [5.41, 5.74) is 2.16. The Morgan fingerprint density at radius 2 is 2.23 bits per heavy atom. The maximum atomic E-state index is 12.6. The van der Waals surface area contributed by atoms with E-state index < -0.39 is 0 Å². The molecule has 1 saturated heterocycles. The zero-order valence-corrected chi connectivity index (χ0v) is 15.1. The molecule has 138 valence electrons. The maximum absolute atomic E-state index is 12.6. The minimum atomic E-state index is -0.178. The predicted molar refractivity (Wildman–Crippen MR) is 97.6 cm³/mol. The summed E-state index contributed by atoms with van der Waals surface area (Å²) in [4.78, 5) is 24.1. The van der Waals surface area contributed by atoms with Crippen LogP contribution in [0, 0.1) is 0 Å². The van der Waals surface area contributed by atoms with E-state index in [2.05, 4.69) is 15.7 Å². The fourth-order valence-electron chi connectivity index (χ4n) is 3.26. The molecule has 3 rings (SSSR count). The van der Waals surface area contributed by atoms with E-state index in [4.69, 9.17) is 4.74 Å². The van der Waals surface area contributed by atoms with Crippen LogP contribution in [0.4, 0.5) is 0 Å². The van der Waals surface area contributed by atoms with E-state index in [1.165, 1.54) is 0 Å². The summed E-state index contributed by atoms with van der Waals surface area (Å²) in [5.74, 6) is 0.568. The third kappa shape index (κ3) is 3.71. The average Bonchev–Trinajstić information content (AvgIpc) is 3.10. The van der Waals surface area contributed by atoms with Gasteiger partial charge >= 0.3 is 0 Å². The molecule has 2 N–H and O–H groups in total. The fraction of sp³-hybridized carbons (Fsp3) is 0.421. The number of aromatic nitrogens is 2. The summed E-state index contributed by atoms with van der Waals surface area (Å²) in [6, 6.07) is 7.56. The molecule has 0 radical (unpaired) electrons. The fourth-order valence-corrected chi connectivity index (χ4v) is 3.26. The summed E-state index contributed by atoms with van der Waals surface area (Å²) in [6.45, 7) is 2.41. The van der Waals surface area contributed by atoms with E-state index in [1.807, 2.05) is 31.2 Å². The third-order valence-corrected chi connectivity index (χ3v) is 4.59. The first kappa shape index (κ1) is 18.0. The minimum absolute atomic E-state index is 0.00506. The van der Waals surface area contributed by atoms with Gasteiger partial charge in [0.2, 0.25) is 5.91 Å². The Kier molecular flexibility index (Phi) is 5.55. The van der Waals surface area contributed by atoms with E-state index in [0.29, 0.717) is 30.7 Å². The van der Waals surface area contributed by atoms with Crippen LogP contribution in [0.15, 0.2) is 30.5 Å². The van der Waals surface area contributed by atoms with Crippen molar-refractivity contribution < 1.29 is 14.3 Å². The molecule has 0 aliphatic carbocycles. The van der Waals surface area contributed by atoms with Crippen molar-refractivity contribution in [2.45, 2.75) is 38.6 Å². The second kappa shape index (κ2) is 8.03. The zero-order chi connectivity index (χ0) is 18.5. The average molecular weight is 356 g/mol. The number of carbonyl (C=O) groups excluding carboxylic acids is 2. The lowest BCUT2D eigenvalue weighted by Gasteiger charge is -2.23. The van der Waals surface area contributed by atoms with Crippen LogP contribution in [0.5, 0.6) is 5.75 Å². The maximum Gasteiger partial charge on any atom is 0.254 e. The lowest BCUT2D eigenvalue weighted by molar-refractivity contribution is -0.123. The molecule has 1 atom stereocenters. The molecule has 1 aromatic carbocycles. The first-order valence-corrected chi connectivity index (χ1v) is 8.91. The van der Waals surface area contributed by atoms with Gasteiger partial charge in [-0.15, -0.1) is 0 Å². The second-order valence-electron chi connectivity index (χ2n) is 6.31. The lowest BCUT2D eigenvalue weighted by Crippen LogP contribution is -2.46. The van der Waals surface area contributed by atoms with Gasteiger partial charge in [-0.05, 0) is 31.4 Å². The highest BCUT2D eigenvalue weighted by Gasteiger charge is 2.22. The number of ether oxygens (including phenoxy) is 1. The molecule has 1 fully saturated rings. The smallest absolute Gasteiger partial charge is 0.254 e. The van der Waals surface area contributed by atoms with Gasteiger partial charge in [0.15, 0.2) is 0 Å². The van der Waals surface area contributed by atoms with E-state index >= 15 is 0 Å². The number of nitrogens with zero attached hydrogens (tertiary/aromatic N) is 2. The van der Waals surface area contributed by atoms with Crippen molar-refractivity contribution in [2.24, 2.45) is 0 Å². The van der Waals surface area contributed by atoms with Crippen LogP contribution >= 0.6 is 0 Å². The molecule has 0 unspecified atom stereocenters. The van der Waals surface area contributed by atoms with Gasteiger partial charge in [-0.2, -0.15) is 5.10 Å². The first-order chi connectivity index (χ1) is 12.6. The van der Waals surface area contributed by atoms with Gasteiger partial charge in [0.1, 0.15) is 11.4 Å². The summed E-state index contributed by atoms with van der Waals surface area (Å²) in [5, 5.41) is 10.2. The molecule has 0 saturated carbocycles. The van der Waals surface area contributed by atoms with Crippen molar-refractivity contribution in [3.63, 3.8) is 0 Å². The van der Waals surface area contributed by atoms with E-state index in [0.717, 1.165) is 24.2 Å². The Morgan fingerprint density at radius 3 is 2.96 bits per heavy atom. The van der Waals surface area contributed by atoms with Gasteiger partial charge in [-0.3, -0.25) is 9.59 Å². The lowest BCUT2D eigenvalue weighted by atomic mass is 10.0. The number of methoxy groups -OCH3 is 1. The Bertz CT molecular complexity index is 800.